The standard InChI is InChI=1S/C14H15NO3S/c1-10(14(16)17)8-19-9-13-15-7-12(18-13)11-5-3-2-4-6-11/h2-7,10H,8-9H2,1H3,(H,16,17). The summed E-state index contributed by atoms with van der Waals surface area (Å²) in [6.45, 7) is 1.69. The van der Waals surface area contributed by atoms with Gasteiger partial charge in [-0.1, -0.05) is 37.3 Å². The zero-order valence-corrected chi connectivity index (χ0v) is 11.4. The van der Waals surface area contributed by atoms with E-state index in [1.165, 1.54) is 11.8 Å². The van der Waals surface area contributed by atoms with E-state index < -0.39 is 5.97 Å². The highest BCUT2D eigenvalue weighted by Crippen LogP contribution is 2.22. The Morgan fingerprint density at radius 1 is 1.42 bits per heavy atom. The summed E-state index contributed by atoms with van der Waals surface area (Å²) in [5.74, 6) is 1.38. The summed E-state index contributed by atoms with van der Waals surface area (Å²) in [5, 5.41) is 8.78. The molecule has 0 bridgehead atoms. The Bertz CT molecular complexity index is 539. The van der Waals surface area contributed by atoms with Crippen LogP contribution in [0.5, 0.6) is 0 Å². The molecule has 5 heteroatoms. The molecular weight excluding hydrogens is 262 g/mol. The van der Waals surface area contributed by atoms with Crippen LogP contribution in [0, 0.1) is 5.92 Å². The van der Waals surface area contributed by atoms with Crippen molar-refractivity contribution in [2.45, 2.75) is 12.7 Å². The fourth-order valence-electron chi connectivity index (χ4n) is 1.51. The molecule has 2 rings (SSSR count). The first-order valence-corrected chi connectivity index (χ1v) is 7.13. The van der Waals surface area contributed by atoms with Gasteiger partial charge in [0.1, 0.15) is 0 Å². The number of nitrogens with zero attached hydrogens (tertiary/aromatic N) is 1. The molecule has 1 aromatic heterocycles. The third kappa shape index (κ3) is 3.86. The number of carboxylic acids is 1. The number of oxazole rings is 1. The minimum absolute atomic E-state index is 0.353. The molecule has 0 aliphatic carbocycles. The van der Waals surface area contributed by atoms with Crippen molar-refractivity contribution < 1.29 is 14.3 Å². The number of hydrogen-bond acceptors (Lipinski definition) is 4. The number of thioether (sulfide) groups is 1. The zero-order chi connectivity index (χ0) is 13.7. The van der Waals surface area contributed by atoms with Crippen LogP contribution in [0.15, 0.2) is 40.9 Å². The van der Waals surface area contributed by atoms with Gasteiger partial charge in [-0.25, -0.2) is 4.98 Å². The number of aliphatic carboxylic acids is 1. The Labute approximate surface area is 115 Å². The number of rotatable bonds is 6. The van der Waals surface area contributed by atoms with E-state index in [0.29, 0.717) is 17.4 Å². The van der Waals surface area contributed by atoms with E-state index in [2.05, 4.69) is 4.98 Å². The summed E-state index contributed by atoms with van der Waals surface area (Å²) >= 11 is 1.51. The van der Waals surface area contributed by atoms with Gasteiger partial charge in [0, 0.05) is 11.3 Å². The highest BCUT2D eigenvalue weighted by Gasteiger charge is 2.12. The van der Waals surface area contributed by atoms with Gasteiger partial charge in [-0.3, -0.25) is 4.79 Å². The van der Waals surface area contributed by atoms with Gasteiger partial charge in [0.05, 0.1) is 17.9 Å². The molecule has 0 spiro atoms. The normalized spacial score (nSPS) is 12.3. The van der Waals surface area contributed by atoms with Crippen LogP contribution < -0.4 is 0 Å². The minimum Gasteiger partial charge on any atom is -0.481 e. The maximum atomic E-state index is 10.7. The van der Waals surface area contributed by atoms with Gasteiger partial charge in [-0.15, -0.1) is 0 Å². The van der Waals surface area contributed by atoms with Gasteiger partial charge in [0.25, 0.3) is 0 Å². The highest BCUT2D eigenvalue weighted by molar-refractivity contribution is 7.98. The Hall–Kier alpha value is -1.75. The van der Waals surface area contributed by atoms with Crippen LogP contribution in [0.3, 0.4) is 0 Å². The predicted octanol–water partition coefficient (Wildman–Crippen LogP) is 3.30. The summed E-state index contributed by atoms with van der Waals surface area (Å²) in [6, 6.07) is 9.76. The average Bonchev–Trinajstić information content (AvgIpc) is 2.88. The zero-order valence-electron chi connectivity index (χ0n) is 10.6. The van der Waals surface area contributed by atoms with Gasteiger partial charge in [0.2, 0.25) is 5.89 Å². The van der Waals surface area contributed by atoms with Crippen molar-refractivity contribution in [1.29, 1.82) is 0 Å². The third-order valence-electron chi connectivity index (χ3n) is 2.63. The number of aromatic nitrogens is 1. The van der Waals surface area contributed by atoms with Crippen LogP contribution in [0.25, 0.3) is 11.3 Å². The van der Waals surface area contributed by atoms with Crippen LogP contribution in [-0.4, -0.2) is 21.8 Å². The maximum absolute atomic E-state index is 10.7. The van der Waals surface area contributed by atoms with Crippen LogP contribution in [-0.2, 0) is 10.5 Å². The Kier molecular flexibility index (Phi) is 4.63. The van der Waals surface area contributed by atoms with Gasteiger partial charge in [0.15, 0.2) is 5.76 Å². The summed E-state index contributed by atoms with van der Waals surface area (Å²) in [7, 11) is 0. The van der Waals surface area contributed by atoms with Crippen molar-refractivity contribution in [3.8, 4) is 11.3 Å². The monoisotopic (exact) mass is 277 g/mol. The fraction of sp³-hybridized carbons (Fsp3) is 0.286. The lowest BCUT2D eigenvalue weighted by atomic mass is 10.2. The first kappa shape index (κ1) is 13.7. The molecule has 0 fully saturated rings. The van der Waals surface area contributed by atoms with Crippen molar-refractivity contribution in [3.63, 3.8) is 0 Å². The maximum Gasteiger partial charge on any atom is 0.307 e. The highest BCUT2D eigenvalue weighted by atomic mass is 32.2. The van der Waals surface area contributed by atoms with E-state index in [-0.39, 0.29) is 5.92 Å². The van der Waals surface area contributed by atoms with Crippen LogP contribution in [0.4, 0.5) is 0 Å². The van der Waals surface area contributed by atoms with Gasteiger partial charge in [-0.2, -0.15) is 11.8 Å². The Morgan fingerprint density at radius 2 is 2.16 bits per heavy atom. The molecule has 0 amide bonds. The number of carbonyl (C=O) groups is 1. The molecule has 100 valence electrons. The number of benzene rings is 1. The van der Waals surface area contributed by atoms with Gasteiger partial charge >= 0.3 is 5.97 Å². The first-order valence-electron chi connectivity index (χ1n) is 5.97. The summed E-state index contributed by atoms with van der Waals surface area (Å²) < 4.78 is 5.63. The molecule has 0 saturated heterocycles. The van der Waals surface area contributed by atoms with Crippen LogP contribution in [0.2, 0.25) is 0 Å². The molecule has 1 atom stereocenters. The summed E-state index contributed by atoms with van der Waals surface area (Å²) in [5.41, 5.74) is 0.991. The predicted molar refractivity (Wildman–Crippen MR) is 74.9 cm³/mol. The van der Waals surface area contributed by atoms with Crippen molar-refractivity contribution in [3.05, 3.63) is 42.4 Å². The van der Waals surface area contributed by atoms with Crippen molar-refractivity contribution in [1.82, 2.24) is 4.98 Å². The molecule has 1 N–H and O–H groups in total. The van der Waals surface area contributed by atoms with Gasteiger partial charge in [-0.05, 0) is 0 Å². The molecule has 4 nitrogen and oxygen atoms in total. The average molecular weight is 277 g/mol. The van der Waals surface area contributed by atoms with Gasteiger partial charge < -0.3 is 9.52 Å². The molecule has 1 aromatic carbocycles. The molecule has 2 aromatic rings. The molecule has 0 saturated carbocycles. The largest absolute Gasteiger partial charge is 0.481 e. The minimum atomic E-state index is -0.773. The third-order valence-corrected chi connectivity index (χ3v) is 3.81. The summed E-state index contributed by atoms with van der Waals surface area (Å²) in [4.78, 5) is 14.9. The van der Waals surface area contributed by atoms with Crippen molar-refractivity contribution in [2.75, 3.05) is 5.75 Å². The SMILES string of the molecule is CC(CSCc1ncc(-c2ccccc2)o1)C(=O)O. The van der Waals surface area contributed by atoms with E-state index in [1.54, 1.807) is 13.1 Å². The summed E-state index contributed by atoms with van der Waals surface area (Å²) in [6.07, 6.45) is 1.70. The molecule has 0 radical (unpaired) electrons. The lowest BCUT2D eigenvalue weighted by molar-refractivity contribution is -0.140. The van der Waals surface area contributed by atoms with E-state index in [1.807, 2.05) is 30.3 Å². The van der Waals surface area contributed by atoms with Crippen LogP contribution in [0.1, 0.15) is 12.8 Å². The second-order valence-electron chi connectivity index (χ2n) is 4.24. The second-order valence-corrected chi connectivity index (χ2v) is 5.27. The number of hydrogen-bond donors (Lipinski definition) is 1. The molecule has 1 heterocycles. The second kappa shape index (κ2) is 6.43. The van der Waals surface area contributed by atoms with E-state index >= 15 is 0 Å². The molecule has 0 aliphatic heterocycles. The topological polar surface area (TPSA) is 63.3 Å². The molecular formula is C14H15NO3S. The fourth-order valence-corrected chi connectivity index (χ4v) is 2.43. The smallest absolute Gasteiger partial charge is 0.307 e. The van der Waals surface area contributed by atoms with E-state index in [0.717, 1.165) is 11.3 Å². The molecule has 19 heavy (non-hydrogen) atoms. The number of carboxylic acid groups (broad SMARTS) is 1. The molecule has 1 unspecified atom stereocenters. The van der Waals surface area contributed by atoms with Crippen molar-refractivity contribution >= 4 is 17.7 Å². The lowest BCUT2D eigenvalue weighted by Crippen LogP contribution is -2.11. The Balaban J connectivity index is 1.90. The lowest BCUT2D eigenvalue weighted by Gasteiger charge is -2.03. The van der Waals surface area contributed by atoms with E-state index in [9.17, 15) is 4.79 Å². The molecule has 0 aliphatic rings. The Morgan fingerprint density at radius 3 is 2.84 bits per heavy atom. The van der Waals surface area contributed by atoms with Crippen molar-refractivity contribution in [2.24, 2.45) is 5.92 Å². The first-order chi connectivity index (χ1) is 9.16. The van der Waals surface area contributed by atoms with Crippen LogP contribution >= 0.6 is 11.8 Å². The van der Waals surface area contributed by atoms with E-state index in [4.69, 9.17) is 9.52 Å². The quantitative estimate of drug-likeness (QED) is 0.877.